The molecule has 1 aromatic heterocycles. The number of carboxylic acids is 1. The number of nitrogens with zero attached hydrogens (tertiary/aromatic N) is 3. The van der Waals surface area contributed by atoms with E-state index in [4.69, 9.17) is 9.84 Å². The van der Waals surface area contributed by atoms with Crippen molar-refractivity contribution in [3.8, 4) is 5.88 Å². The minimum absolute atomic E-state index is 0.0155. The van der Waals surface area contributed by atoms with Crippen LogP contribution in [0.4, 0.5) is 5.95 Å². The van der Waals surface area contributed by atoms with Crippen molar-refractivity contribution in [2.75, 3.05) is 18.0 Å². The molecule has 0 atom stereocenters. The molecule has 0 spiro atoms. The van der Waals surface area contributed by atoms with Gasteiger partial charge in [0, 0.05) is 18.3 Å². The second kappa shape index (κ2) is 6.18. The van der Waals surface area contributed by atoms with E-state index in [0.29, 0.717) is 18.4 Å². The van der Waals surface area contributed by atoms with Gasteiger partial charge in [0.2, 0.25) is 11.8 Å². The summed E-state index contributed by atoms with van der Waals surface area (Å²) in [4.78, 5) is 20.8. The van der Waals surface area contributed by atoms with Crippen LogP contribution in [0.3, 0.4) is 0 Å². The summed E-state index contributed by atoms with van der Waals surface area (Å²) in [6.45, 7) is 7.90. The normalized spacial score (nSPS) is 10.5. The summed E-state index contributed by atoms with van der Waals surface area (Å²) < 4.78 is 5.51. The summed E-state index contributed by atoms with van der Waals surface area (Å²) in [6.07, 6.45) is 0.0155. The van der Waals surface area contributed by atoms with Gasteiger partial charge in [0.05, 0.1) is 6.10 Å². The van der Waals surface area contributed by atoms with Crippen LogP contribution in [0.25, 0.3) is 0 Å². The molecule has 0 bridgehead atoms. The predicted molar refractivity (Wildman–Crippen MR) is 68.1 cm³/mol. The molecule has 0 saturated carbocycles. The molecule has 0 aromatic carbocycles. The van der Waals surface area contributed by atoms with Crippen LogP contribution in [0.5, 0.6) is 5.88 Å². The number of aromatic nitrogens is 2. The standard InChI is InChI=1S/C12H19N3O3/c1-5-15(7-11(16)17)12-13-9(4)6-10(14-12)18-8(2)3/h6,8H,5,7H2,1-4H3,(H,16,17). The van der Waals surface area contributed by atoms with Crippen molar-refractivity contribution < 1.29 is 14.6 Å². The molecule has 1 heterocycles. The third-order valence-corrected chi connectivity index (χ3v) is 2.17. The first-order valence-electron chi connectivity index (χ1n) is 5.91. The lowest BCUT2D eigenvalue weighted by Gasteiger charge is -2.19. The van der Waals surface area contributed by atoms with Crippen LogP contribution < -0.4 is 9.64 Å². The van der Waals surface area contributed by atoms with Gasteiger partial charge in [-0.1, -0.05) is 0 Å². The van der Waals surface area contributed by atoms with E-state index in [1.807, 2.05) is 27.7 Å². The number of ether oxygens (including phenoxy) is 1. The molecule has 1 N–H and O–H groups in total. The summed E-state index contributed by atoms with van der Waals surface area (Å²) in [5.41, 5.74) is 0.750. The van der Waals surface area contributed by atoms with Gasteiger partial charge in [-0.25, -0.2) is 4.98 Å². The molecule has 0 saturated heterocycles. The average molecular weight is 253 g/mol. The summed E-state index contributed by atoms with van der Waals surface area (Å²) in [7, 11) is 0. The lowest BCUT2D eigenvalue weighted by molar-refractivity contribution is -0.135. The largest absolute Gasteiger partial charge is 0.480 e. The molecule has 1 aromatic rings. The zero-order valence-electron chi connectivity index (χ0n) is 11.2. The van der Waals surface area contributed by atoms with Gasteiger partial charge in [0.25, 0.3) is 0 Å². The molecular weight excluding hydrogens is 234 g/mol. The van der Waals surface area contributed by atoms with Crippen molar-refractivity contribution in [2.45, 2.75) is 33.8 Å². The Balaban J connectivity index is 2.99. The maximum Gasteiger partial charge on any atom is 0.323 e. The number of hydrogen-bond acceptors (Lipinski definition) is 5. The second-order valence-corrected chi connectivity index (χ2v) is 4.22. The van der Waals surface area contributed by atoms with Crippen LogP contribution in [0.1, 0.15) is 26.5 Å². The summed E-state index contributed by atoms with van der Waals surface area (Å²) in [5.74, 6) is -0.0554. The maximum atomic E-state index is 10.8. The highest BCUT2D eigenvalue weighted by molar-refractivity contribution is 5.72. The summed E-state index contributed by atoms with van der Waals surface area (Å²) >= 11 is 0. The van der Waals surface area contributed by atoms with Crippen molar-refractivity contribution in [1.29, 1.82) is 0 Å². The highest BCUT2D eigenvalue weighted by atomic mass is 16.5. The van der Waals surface area contributed by atoms with Crippen LogP contribution in [0.15, 0.2) is 6.07 Å². The molecule has 0 amide bonds. The van der Waals surface area contributed by atoms with Crippen LogP contribution in [0, 0.1) is 6.92 Å². The Labute approximate surface area is 107 Å². The Morgan fingerprint density at radius 3 is 2.67 bits per heavy atom. The number of anilines is 1. The van der Waals surface area contributed by atoms with Gasteiger partial charge in [-0.2, -0.15) is 4.98 Å². The van der Waals surface area contributed by atoms with Crippen molar-refractivity contribution >= 4 is 11.9 Å². The lowest BCUT2D eigenvalue weighted by Crippen LogP contribution is -2.31. The van der Waals surface area contributed by atoms with E-state index in [1.54, 1.807) is 11.0 Å². The molecule has 1 rings (SSSR count). The SMILES string of the molecule is CCN(CC(=O)O)c1nc(C)cc(OC(C)C)n1. The van der Waals surface area contributed by atoms with Crippen molar-refractivity contribution in [3.63, 3.8) is 0 Å². The van der Waals surface area contributed by atoms with Gasteiger partial charge in [-0.15, -0.1) is 0 Å². The molecule has 0 aliphatic rings. The molecule has 0 aliphatic carbocycles. The number of aryl methyl sites for hydroxylation is 1. The molecular formula is C12H19N3O3. The van der Waals surface area contributed by atoms with Crippen molar-refractivity contribution in [1.82, 2.24) is 9.97 Å². The van der Waals surface area contributed by atoms with E-state index >= 15 is 0 Å². The number of carbonyl (C=O) groups is 1. The first-order valence-corrected chi connectivity index (χ1v) is 5.91. The van der Waals surface area contributed by atoms with Crippen molar-refractivity contribution in [3.05, 3.63) is 11.8 Å². The van der Waals surface area contributed by atoms with E-state index in [9.17, 15) is 4.79 Å². The molecule has 18 heavy (non-hydrogen) atoms. The van der Waals surface area contributed by atoms with Crippen LogP contribution in [-0.4, -0.2) is 40.2 Å². The van der Waals surface area contributed by atoms with Crippen LogP contribution >= 0.6 is 0 Å². The van der Waals surface area contributed by atoms with Gasteiger partial charge >= 0.3 is 5.97 Å². The first-order chi connectivity index (χ1) is 8.42. The Bertz CT molecular complexity index is 421. The zero-order valence-corrected chi connectivity index (χ0v) is 11.2. The number of hydrogen-bond donors (Lipinski definition) is 1. The lowest BCUT2D eigenvalue weighted by atomic mass is 10.4. The Kier molecular flexibility index (Phi) is 4.88. The van der Waals surface area contributed by atoms with Gasteiger partial charge in [-0.3, -0.25) is 4.79 Å². The van der Waals surface area contributed by atoms with Gasteiger partial charge < -0.3 is 14.7 Å². The van der Waals surface area contributed by atoms with E-state index in [0.717, 1.165) is 5.69 Å². The third-order valence-electron chi connectivity index (χ3n) is 2.17. The number of aliphatic carboxylic acids is 1. The number of likely N-dealkylation sites (N-methyl/N-ethyl adjacent to an activating group) is 1. The molecule has 6 heteroatoms. The fourth-order valence-corrected chi connectivity index (χ4v) is 1.46. The summed E-state index contributed by atoms with van der Waals surface area (Å²) in [6, 6.07) is 1.73. The minimum Gasteiger partial charge on any atom is -0.480 e. The topological polar surface area (TPSA) is 75.6 Å². The monoisotopic (exact) mass is 253 g/mol. The van der Waals surface area contributed by atoms with E-state index < -0.39 is 5.97 Å². The van der Waals surface area contributed by atoms with Gasteiger partial charge in [0.1, 0.15) is 6.54 Å². The first kappa shape index (κ1) is 14.2. The zero-order chi connectivity index (χ0) is 13.7. The van der Waals surface area contributed by atoms with Crippen molar-refractivity contribution in [2.24, 2.45) is 0 Å². The second-order valence-electron chi connectivity index (χ2n) is 4.22. The fourth-order valence-electron chi connectivity index (χ4n) is 1.46. The maximum absolute atomic E-state index is 10.8. The molecule has 100 valence electrons. The highest BCUT2D eigenvalue weighted by Crippen LogP contribution is 2.16. The van der Waals surface area contributed by atoms with E-state index in [-0.39, 0.29) is 12.6 Å². The van der Waals surface area contributed by atoms with E-state index in [1.165, 1.54) is 0 Å². The quantitative estimate of drug-likeness (QED) is 0.827. The van der Waals surface area contributed by atoms with E-state index in [2.05, 4.69) is 9.97 Å². The Hall–Kier alpha value is -1.85. The number of carboxylic acid groups (broad SMARTS) is 1. The Morgan fingerprint density at radius 1 is 1.50 bits per heavy atom. The predicted octanol–water partition coefficient (Wildman–Crippen LogP) is 1.48. The van der Waals surface area contributed by atoms with Crippen LogP contribution in [-0.2, 0) is 4.79 Å². The smallest absolute Gasteiger partial charge is 0.323 e. The molecule has 0 radical (unpaired) electrons. The summed E-state index contributed by atoms with van der Waals surface area (Å²) in [5, 5.41) is 8.83. The van der Waals surface area contributed by atoms with Crippen LogP contribution in [0.2, 0.25) is 0 Å². The third kappa shape index (κ3) is 4.20. The number of rotatable bonds is 6. The molecule has 6 nitrogen and oxygen atoms in total. The van der Waals surface area contributed by atoms with Gasteiger partial charge in [0.15, 0.2) is 0 Å². The average Bonchev–Trinajstić information content (AvgIpc) is 2.23. The molecule has 0 unspecified atom stereocenters. The molecule has 0 aliphatic heterocycles. The van der Waals surface area contributed by atoms with Gasteiger partial charge in [-0.05, 0) is 27.7 Å². The molecule has 0 fully saturated rings. The fraction of sp³-hybridized carbons (Fsp3) is 0.583. The Morgan fingerprint density at radius 2 is 2.17 bits per heavy atom. The highest BCUT2D eigenvalue weighted by Gasteiger charge is 2.13. The minimum atomic E-state index is -0.909.